The number of nitrogens with zero attached hydrogens (tertiary/aromatic N) is 1. The molecule has 0 aliphatic carbocycles. The van der Waals surface area contributed by atoms with Gasteiger partial charge in [0.05, 0.1) is 17.2 Å². The molecule has 0 spiro atoms. The molecule has 0 heterocycles. The molecule has 2 rings (SSSR count). The molecule has 3 nitrogen and oxygen atoms in total. The summed E-state index contributed by atoms with van der Waals surface area (Å²) in [6, 6.07) is 11.5. The number of aromatic carboxylic acids is 1. The number of benzene rings is 2. The van der Waals surface area contributed by atoms with E-state index in [2.05, 4.69) is 0 Å². The lowest BCUT2D eigenvalue weighted by Gasteiger charge is -2.12. The van der Waals surface area contributed by atoms with Gasteiger partial charge in [0.2, 0.25) is 0 Å². The molecule has 4 heteroatoms. The van der Waals surface area contributed by atoms with Gasteiger partial charge < -0.3 is 5.11 Å². The number of carboxylic acid groups (broad SMARTS) is 1. The first-order valence-electron chi connectivity index (χ1n) is 7.13. The van der Waals surface area contributed by atoms with Crippen LogP contribution in [-0.2, 0) is 6.42 Å². The second-order valence-electron chi connectivity index (χ2n) is 5.05. The lowest BCUT2D eigenvalue weighted by atomic mass is 9.94. The van der Waals surface area contributed by atoms with Gasteiger partial charge in [0.25, 0.3) is 0 Å². The zero-order valence-corrected chi connectivity index (χ0v) is 12.3. The largest absolute Gasteiger partial charge is 0.478 e. The number of carboxylic acids is 1. The molecule has 0 atom stereocenters. The Morgan fingerprint density at radius 1 is 1.23 bits per heavy atom. The van der Waals surface area contributed by atoms with E-state index in [4.69, 9.17) is 5.26 Å². The van der Waals surface area contributed by atoms with Gasteiger partial charge in [-0.05, 0) is 36.6 Å². The molecule has 0 saturated heterocycles. The average Bonchev–Trinajstić information content (AvgIpc) is 2.53. The first-order valence-corrected chi connectivity index (χ1v) is 7.13. The van der Waals surface area contributed by atoms with Crippen molar-refractivity contribution in [2.24, 2.45) is 0 Å². The third-order valence-electron chi connectivity index (χ3n) is 3.58. The second kappa shape index (κ2) is 6.86. The first kappa shape index (κ1) is 15.7. The summed E-state index contributed by atoms with van der Waals surface area (Å²) < 4.78 is 14.8. The van der Waals surface area contributed by atoms with E-state index in [1.807, 2.05) is 13.0 Å². The summed E-state index contributed by atoms with van der Waals surface area (Å²) in [5.74, 6) is -1.60. The maximum absolute atomic E-state index is 14.8. The van der Waals surface area contributed by atoms with Gasteiger partial charge >= 0.3 is 5.97 Å². The molecule has 0 amide bonds. The SMILES string of the molecule is CCCCc1c(C(=O)O)ccc(-c2ccc(C#N)cc2)c1F. The fraction of sp³-hybridized carbons (Fsp3) is 0.222. The third-order valence-corrected chi connectivity index (χ3v) is 3.58. The highest BCUT2D eigenvalue weighted by Crippen LogP contribution is 2.28. The maximum atomic E-state index is 14.8. The Labute approximate surface area is 128 Å². The minimum absolute atomic E-state index is 0.0170. The average molecular weight is 297 g/mol. The molecule has 0 saturated carbocycles. The van der Waals surface area contributed by atoms with E-state index in [0.717, 1.165) is 12.8 Å². The van der Waals surface area contributed by atoms with Gasteiger partial charge in [0.15, 0.2) is 0 Å². The summed E-state index contributed by atoms with van der Waals surface area (Å²) in [5.41, 5.74) is 1.75. The lowest BCUT2D eigenvalue weighted by molar-refractivity contribution is 0.0695. The number of carbonyl (C=O) groups is 1. The Balaban J connectivity index is 2.52. The summed E-state index contributed by atoms with van der Waals surface area (Å²) in [4.78, 5) is 11.3. The molecule has 2 aromatic rings. The monoisotopic (exact) mass is 297 g/mol. The van der Waals surface area contributed by atoms with Crippen LogP contribution in [0.3, 0.4) is 0 Å². The van der Waals surface area contributed by atoms with E-state index in [9.17, 15) is 14.3 Å². The highest BCUT2D eigenvalue weighted by molar-refractivity contribution is 5.90. The van der Waals surface area contributed by atoms with Crippen LogP contribution in [0.4, 0.5) is 4.39 Å². The van der Waals surface area contributed by atoms with Gasteiger partial charge in [0, 0.05) is 11.1 Å². The number of rotatable bonds is 5. The Morgan fingerprint density at radius 2 is 1.91 bits per heavy atom. The Morgan fingerprint density at radius 3 is 2.45 bits per heavy atom. The van der Waals surface area contributed by atoms with Crippen molar-refractivity contribution in [3.05, 3.63) is 58.9 Å². The van der Waals surface area contributed by atoms with E-state index in [1.165, 1.54) is 12.1 Å². The molecule has 2 aromatic carbocycles. The zero-order chi connectivity index (χ0) is 16.1. The molecule has 0 unspecified atom stereocenters. The van der Waals surface area contributed by atoms with Crippen LogP contribution in [0.2, 0.25) is 0 Å². The minimum atomic E-state index is -1.11. The van der Waals surface area contributed by atoms with E-state index in [0.29, 0.717) is 23.1 Å². The van der Waals surface area contributed by atoms with Crippen LogP contribution in [0.25, 0.3) is 11.1 Å². The van der Waals surface area contributed by atoms with Crippen molar-refractivity contribution in [1.29, 1.82) is 5.26 Å². The van der Waals surface area contributed by atoms with Crippen LogP contribution in [0.5, 0.6) is 0 Å². The molecule has 22 heavy (non-hydrogen) atoms. The van der Waals surface area contributed by atoms with Gasteiger partial charge in [-0.2, -0.15) is 5.26 Å². The van der Waals surface area contributed by atoms with Crippen molar-refractivity contribution in [2.45, 2.75) is 26.2 Å². The zero-order valence-electron chi connectivity index (χ0n) is 12.3. The van der Waals surface area contributed by atoms with Crippen LogP contribution in [0, 0.1) is 17.1 Å². The number of hydrogen-bond acceptors (Lipinski definition) is 2. The van der Waals surface area contributed by atoms with Gasteiger partial charge in [-0.3, -0.25) is 0 Å². The molecule has 112 valence electrons. The Kier molecular flexibility index (Phi) is 4.90. The van der Waals surface area contributed by atoms with Crippen molar-refractivity contribution in [3.8, 4) is 17.2 Å². The van der Waals surface area contributed by atoms with Crippen molar-refractivity contribution in [2.75, 3.05) is 0 Å². The molecular weight excluding hydrogens is 281 g/mol. The maximum Gasteiger partial charge on any atom is 0.336 e. The molecule has 0 aliphatic heterocycles. The van der Waals surface area contributed by atoms with Gasteiger partial charge in [-0.25, -0.2) is 9.18 Å². The number of unbranched alkanes of at least 4 members (excludes halogenated alkanes) is 1. The Hall–Kier alpha value is -2.67. The first-order chi connectivity index (χ1) is 10.6. The fourth-order valence-electron chi connectivity index (χ4n) is 2.37. The highest BCUT2D eigenvalue weighted by atomic mass is 19.1. The predicted molar refractivity (Wildman–Crippen MR) is 82.1 cm³/mol. The Bertz CT molecular complexity index is 730. The standard InChI is InChI=1S/C18H16FNO2/c1-2-3-4-15-16(18(21)22)10-9-14(17(15)19)13-7-5-12(11-20)6-8-13/h5-10H,2-4H2,1H3,(H,21,22). The van der Waals surface area contributed by atoms with E-state index in [1.54, 1.807) is 24.3 Å². The minimum Gasteiger partial charge on any atom is -0.478 e. The molecular formula is C18H16FNO2. The number of halogens is 1. The highest BCUT2D eigenvalue weighted by Gasteiger charge is 2.18. The third kappa shape index (κ3) is 3.15. The van der Waals surface area contributed by atoms with Gasteiger partial charge in [-0.15, -0.1) is 0 Å². The summed E-state index contributed by atoms with van der Waals surface area (Å²) >= 11 is 0. The predicted octanol–water partition coefficient (Wildman–Crippen LogP) is 4.41. The van der Waals surface area contributed by atoms with Crippen molar-refractivity contribution in [3.63, 3.8) is 0 Å². The van der Waals surface area contributed by atoms with E-state index >= 15 is 0 Å². The smallest absolute Gasteiger partial charge is 0.336 e. The van der Waals surface area contributed by atoms with Crippen LogP contribution < -0.4 is 0 Å². The topological polar surface area (TPSA) is 61.1 Å². The molecule has 1 N–H and O–H groups in total. The number of nitriles is 1. The van der Waals surface area contributed by atoms with Crippen molar-refractivity contribution < 1.29 is 14.3 Å². The van der Waals surface area contributed by atoms with E-state index in [-0.39, 0.29) is 11.1 Å². The molecule has 0 aliphatic rings. The molecule has 0 radical (unpaired) electrons. The molecule has 0 bridgehead atoms. The van der Waals surface area contributed by atoms with Crippen LogP contribution in [0.15, 0.2) is 36.4 Å². The summed E-state index contributed by atoms with van der Waals surface area (Å²) in [5, 5.41) is 18.0. The summed E-state index contributed by atoms with van der Waals surface area (Å²) in [6.45, 7) is 1.98. The van der Waals surface area contributed by atoms with Crippen molar-refractivity contribution in [1.82, 2.24) is 0 Å². The van der Waals surface area contributed by atoms with E-state index < -0.39 is 11.8 Å². The quantitative estimate of drug-likeness (QED) is 0.889. The summed E-state index contributed by atoms with van der Waals surface area (Å²) in [7, 11) is 0. The summed E-state index contributed by atoms with van der Waals surface area (Å²) in [6.07, 6.45) is 1.99. The van der Waals surface area contributed by atoms with Crippen LogP contribution in [-0.4, -0.2) is 11.1 Å². The number of hydrogen-bond donors (Lipinski definition) is 1. The normalized spacial score (nSPS) is 10.2. The molecule has 0 fully saturated rings. The van der Waals surface area contributed by atoms with Crippen LogP contribution >= 0.6 is 0 Å². The van der Waals surface area contributed by atoms with Gasteiger partial charge in [0.1, 0.15) is 5.82 Å². The second-order valence-corrected chi connectivity index (χ2v) is 5.05. The van der Waals surface area contributed by atoms with Crippen LogP contribution in [0.1, 0.15) is 41.3 Å². The lowest BCUT2D eigenvalue weighted by Crippen LogP contribution is -2.06. The molecule has 0 aromatic heterocycles. The van der Waals surface area contributed by atoms with Crippen molar-refractivity contribution >= 4 is 5.97 Å². The fourth-order valence-corrected chi connectivity index (χ4v) is 2.37. The van der Waals surface area contributed by atoms with Gasteiger partial charge in [-0.1, -0.05) is 31.5 Å².